The van der Waals surface area contributed by atoms with Crippen molar-refractivity contribution >= 4 is 56.5 Å². The van der Waals surface area contributed by atoms with E-state index in [1.807, 2.05) is 31.9 Å². The maximum absolute atomic E-state index is 13.4. The van der Waals surface area contributed by atoms with Crippen LogP contribution in [0.25, 0.3) is 30.5 Å². The fourth-order valence-electron chi connectivity index (χ4n) is 4.86. The molecule has 282 valence electrons. The predicted molar refractivity (Wildman–Crippen MR) is 203 cm³/mol. The van der Waals surface area contributed by atoms with Crippen LogP contribution in [0.2, 0.25) is 0 Å². The van der Waals surface area contributed by atoms with Gasteiger partial charge in [0.25, 0.3) is 6.47 Å². The van der Waals surface area contributed by atoms with Gasteiger partial charge in [-0.25, -0.2) is 14.8 Å². The van der Waals surface area contributed by atoms with Crippen molar-refractivity contribution in [2.75, 3.05) is 40.9 Å². The van der Waals surface area contributed by atoms with Crippen molar-refractivity contribution in [2.24, 2.45) is 5.92 Å². The number of ether oxygens (including phenoxy) is 2. The van der Waals surface area contributed by atoms with Gasteiger partial charge < -0.3 is 39.9 Å². The highest BCUT2D eigenvalue weighted by molar-refractivity contribution is 7.31. The molecule has 0 saturated carbocycles. The van der Waals surface area contributed by atoms with E-state index in [2.05, 4.69) is 68.2 Å². The molecule has 14 nitrogen and oxygen atoms in total. The zero-order valence-electron chi connectivity index (χ0n) is 31.3. The van der Waals surface area contributed by atoms with Gasteiger partial charge in [0.1, 0.15) is 17.7 Å². The number of hydrogen-bond donors (Lipinski definition) is 4. The lowest BCUT2D eigenvalue weighted by Crippen LogP contribution is -2.51. The molecule has 4 aromatic heterocycles. The van der Waals surface area contributed by atoms with Crippen LogP contribution in [0.3, 0.4) is 0 Å². The van der Waals surface area contributed by atoms with Crippen LogP contribution in [0.15, 0.2) is 24.5 Å². The lowest BCUT2D eigenvalue weighted by Gasteiger charge is -2.28. The highest BCUT2D eigenvalue weighted by Crippen LogP contribution is 2.41. The molecule has 3 amide bonds. The molecule has 0 bridgehead atoms. The molecule has 0 aliphatic rings. The van der Waals surface area contributed by atoms with Gasteiger partial charge >= 0.3 is 6.09 Å². The van der Waals surface area contributed by atoms with Gasteiger partial charge in [0.05, 0.1) is 67.4 Å². The van der Waals surface area contributed by atoms with Crippen molar-refractivity contribution < 1.29 is 28.7 Å². The van der Waals surface area contributed by atoms with Crippen LogP contribution in [0.1, 0.15) is 72.5 Å². The number of aromatic nitrogens is 4. The number of carbonyl (C=O) groups is 4. The van der Waals surface area contributed by atoms with E-state index >= 15 is 0 Å². The summed E-state index contributed by atoms with van der Waals surface area (Å²) in [6.07, 6.45) is 5.90. The Labute approximate surface area is 308 Å². The molecule has 4 aromatic rings. The van der Waals surface area contributed by atoms with E-state index in [9.17, 15) is 14.4 Å². The largest absolute Gasteiger partial charge is 0.471 e. The summed E-state index contributed by atoms with van der Waals surface area (Å²) in [5.74, 6) is 1.22. The number of fused-ring (bicyclic) bond motifs is 1. The first-order valence-electron chi connectivity index (χ1n) is 17.1. The quantitative estimate of drug-likeness (QED) is 0.0999. The Hall–Kier alpha value is -4.28. The number of thiophene rings is 2. The monoisotopic (exact) mass is 746 g/mol. The summed E-state index contributed by atoms with van der Waals surface area (Å²) in [5.41, 5.74) is 1.82. The van der Waals surface area contributed by atoms with Gasteiger partial charge in [0.2, 0.25) is 11.8 Å². The number of alkyl carbamates (subject to hydrolysis) is 1. The van der Waals surface area contributed by atoms with Gasteiger partial charge in [-0.15, -0.1) is 22.7 Å². The number of H-pyrrole nitrogens is 2. The van der Waals surface area contributed by atoms with E-state index < -0.39 is 12.1 Å². The number of methoxy groups -OCH3 is 2. The van der Waals surface area contributed by atoms with Crippen LogP contribution in [0.5, 0.6) is 0 Å². The molecule has 0 aliphatic carbocycles. The maximum Gasteiger partial charge on any atom is 0.407 e. The number of amides is 3. The number of imidazole rings is 2. The summed E-state index contributed by atoms with van der Waals surface area (Å²) < 4.78 is 10.9. The van der Waals surface area contributed by atoms with Crippen LogP contribution in [-0.4, -0.2) is 101 Å². The number of nitrogens with one attached hydrogen (secondary N) is 4. The molecule has 0 aliphatic heterocycles. The Morgan fingerprint density at radius 2 is 1.35 bits per heavy atom. The van der Waals surface area contributed by atoms with Crippen molar-refractivity contribution in [3.05, 3.63) is 36.2 Å². The number of hydrogen-bond acceptors (Lipinski definition) is 11. The summed E-state index contributed by atoms with van der Waals surface area (Å²) in [4.78, 5) is 68.2. The smallest absolute Gasteiger partial charge is 0.407 e. The van der Waals surface area contributed by atoms with Gasteiger partial charge in [-0.1, -0.05) is 48.0 Å². The second-order valence-corrected chi connectivity index (χ2v) is 14.1. The molecule has 0 aromatic carbocycles. The van der Waals surface area contributed by atoms with Crippen LogP contribution in [0, 0.1) is 5.92 Å². The molecule has 4 N–H and O–H groups in total. The van der Waals surface area contributed by atoms with Crippen molar-refractivity contribution in [1.82, 2.24) is 40.4 Å². The fourth-order valence-corrected chi connectivity index (χ4v) is 7.18. The van der Waals surface area contributed by atoms with Gasteiger partial charge in [-0.2, -0.15) is 0 Å². The molecule has 51 heavy (non-hydrogen) atoms. The molecule has 0 radical (unpaired) electrons. The van der Waals surface area contributed by atoms with E-state index in [1.165, 1.54) is 20.6 Å². The third kappa shape index (κ3) is 13.1. The van der Waals surface area contributed by atoms with E-state index in [0.717, 1.165) is 49.2 Å². The summed E-state index contributed by atoms with van der Waals surface area (Å²) in [6.45, 7) is 14.8. The minimum absolute atomic E-state index is 0.0541. The van der Waals surface area contributed by atoms with Gasteiger partial charge in [-0.05, 0) is 37.9 Å². The van der Waals surface area contributed by atoms with E-state index in [4.69, 9.17) is 9.53 Å². The molecule has 4 rings (SSSR count). The van der Waals surface area contributed by atoms with Crippen LogP contribution in [-0.2, 0) is 36.9 Å². The standard InChI is InChI=1S/C30H42N8O4S2.C3H8.C2H4O2/c1-7-9-37(27(39)15-31-5)16-25-32-13-19(34-25)21-11-23-24(43-21)12-22(44-23)20-14-33-26(35-20)17-38(10-8-2)29(40)28(18(3)4)36-30(41)42-6;1-3-2;1-4-2-3/h11-14,18,28,31H,7-10,15-17H2,1-6H3,(H,32,34)(H,33,35)(H,36,41);3H2,1-2H3;2H,1H3. The fraction of sp³-hybridized carbons (Fsp3) is 0.543. The Kier molecular flexibility index (Phi) is 18.9. The SMILES string of the molecule is CCC.CCCN(Cc1ncc(-c2cc3sc(-c4cnc(CN(CCC)C(=O)C(NC(=O)OC)C(C)C)[nH]4)cc3s2)[nH]1)C(=O)CNC.COC=O. The summed E-state index contributed by atoms with van der Waals surface area (Å²) in [7, 11) is 4.37. The van der Waals surface area contributed by atoms with Crippen LogP contribution < -0.4 is 10.6 Å². The molecule has 4 heterocycles. The second-order valence-electron chi connectivity index (χ2n) is 11.9. The Bertz CT molecular complexity index is 1610. The number of rotatable bonds is 16. The average Bonchev–Trinajstić information content (AvgIpc) is 3.91. The first-order valence-corrected chi connectivity index (χ1v) is 18.8. The van der Waals surface area contributed by atoms with Gasteiger partial charge in [0.15, 0.2) is 0 Å². The summed E-state index contributed by atoms with van der Waals surface area (Å²) in [6, 6.07) is 3.61. The number of nitrogens with zero attached hydrogens (tertiary/aromatic N) is 4. The molecule has 0 fully saturated rings. The van der Waals surface area contributed by atoms with Crippen molar-refractivity contribution in [3.8, 4) is 21.1 Å². The molecular formula is C35H54N8O6S2. The van der Waals surface area contributed by atoms with Gasteiger partial charge in [-0.3, -0.25) is 14.4 Å². The molecule has 1 unspecified atom stereocenters. The van der Waals surface area contributed by atoms with Crippen LogP contribution in [0.4, 0.5) is 4.79 Å². The van der Waals surface area contributed by atoms with Crippen LogP contribution >= 0.6 is 22.7 Å². The van der Waals surface area contributed by atoms with Crippen molar-refractivity contribution in [1.29, 1.82) is 0 Å². The second kappa shape index (κ2) is 22.5. The number of aromatic amines is 2. The zero-order chi connectivity index (χ0) is 37.9. The first-order chi connectivity index (χ1) is 24.5. The Morgan fingerprint density at radius 3 is 1.76 bits per heavy atom. The normalized spacial score (nSPS) is 11.2. The van der Waals surface area contributed by atoms with E-state index in [-0.39, 0.29) is 17.7 Å². The van der Waals surface area contributed by atoms with Gasteiger partial charge in [0, 0.05) is 22.5 Å². The van der Waals surface area contributed by atoms with E-state index in [0.29, 0.717) is 45.0 Å². The number of carbonyl (C=O) groups excluding carboxylic acids is 4. The number of likely N-dealkylation sites (N-methyl/N-ethyl adjacent to an activating group) is 1. The third-order valence-corrected chi connectivity index (χ3v) is 9.50. The predicted octanol–water partition coefficient (Wildman–Crippen LogP) is 6.03. The summed E-state index contributed by atoms with van der Waals surface area (Å²) in [5, 5.41) is 5.60. The lowest BCUT2D eigenvalue weighted by molar-refractivity contribution is -0.135. The molecule has 1 atom stereocenters. The first kappa shape index (κ1) is 42.9. The highest BCUT2D eigenvalue weighted by atomic mass is 32.1. The summed E-state index contributed by atoms with van der Waals surface area (Å²) >= 11 is 3.35. The van der Waals surface area contributed by atoms with Crippen molar-refractivity contribution in [2.45, 2.75) is 79.9 Å². The van der Waals surface area contributed by atoms with Crippen molar-refractivity contribution in [3.63, 3.8) is 0 Å². The van der Waals surface area contributed by atoms with E-state index in [1.54, 1.807) is 40.8 Å². The molecular weight excluding hydrogens is 693 g/mol. The minimum atomic E-state index is -0.691. The Morgan fingerprint density at radius 1 is 0.882 bits per heavy atom. The molecule has 0 saturated heterocycles. The maximum atomic E-state index is 13.4. The molecule has 0 spiro atoms. The highest BCUT2D eigenvalue weighted by Gasteiger charge is 2.29. The third-order valence-electron chi connectivity index (χ3n) is 7.14. The minimum Gasteiger partial charge on any atom is -0.471 e. The lowest BCUT2D eigenvalue weighted by atomic mass is 10.0. The molecule has 16 heteroatoms. The average molecular weight is 747 g/mol. The topological polar surface area (TPSA) is 175 Å². The zero-order valence-corrected chi connectivity index (χ0v) is 32.9. The Balaban J connectivity index is 0.00000118.